The summed E-state index contributed by atoms with van der Waals surface area (Å²) in [6, 6.07) is 4.38. The lowest BCUT2D eigenvalue weighted by Gasteiger charge is -2.24. The maximum atomic E-state index is 13.6. The molecule has 1 atom stereocenters. The molecule has 3 heterocycles. The van der Waals surface area contributed by atoms with E-state index in [1.165, 1.54) is 25.2 Å². The molecular weight excluding hydrogens is 537 g/mol. The first kappa shape index (κ1) is 26.1. The second kappa shape index (κ2) is 8.75. The van der Waals surface area contributed by atoms with Gasteiger partial charge in [0.25, 0.3) is 0 Å². The van der Waals surface area contributed by atoms with Gasteiger partial charge in [-0.2, -0.15) is 27.1 Å². The van der Waals surface area contributed by atoms with Crippen LogP contribution < -0.4 is 16.4 Å². The number of fused-ring (bicyclic) bond motifs is 2. The molecule has 1 saturated carbocycles. The van der Waals surface area contributed by atoms with Crippen LogP contribution in [0.5, 0.6) is 0 Å². The standard InChI is InChI=1S/C23H21ClF5N7O2/c1-31-16-14-17(34-20(38)21(14,19(30)37)9-10-2-3-10)33-18(32-16)15-12-5-4-11(24)8-13(12)36(35-15)7-6-22(25,26)23(27,28)29/h4-5,8,10H,2-3,6-7,9H2,1H3,(H2,30,37)(H2,31,32,33,34,38). The van der Waals surface area contributed by atoms with Crippen molar-refractivity contribution in [2.24, 2.45) is 11.7 Å². The minimum atomic E-state index is -5.72. The van der Waals surface area contributed by atoms with E-state index in [1.807, 2.05) is 0 Å². The van der Waals surface area contributed by atoms with E-state index in [-0.39, 0.29) is 51.6 Å². The van der Waals surface area contributed by atoms with E-state index in [9.17, 15) is 31.5 Å². The third kappa shape index (κ3) is 4.10. The number of halogens is 6. The Morgan fingerprint density at radius 3 is 2.58 bits per heavy atom. The van der Waals surface area contributed by atoms with Crippen LogP contribution in [0.15, 0.2) is 18.2 Å². The number of nitrogens with zero attached hydrogens (tertiary/aromatic N) is 4. The Kier molecular flexibility index (Phi) is 6.00. The number of carbonyl (C=O) groups is 2. The number of hydrogen-bond donors (Lipinski definition) is 3. The minimum Gasteiger partial charge on any atom is -0.373 e. The monoisotopic (exact) mass is 557 g/mol. The van der Waals surface area contributed by atoms with E-state index < -0.39 is 42.3 Å². The number of carbonyl (C=O) groups excluding carboxylic acids is 2. The van der Waals surface area contributed by atoms with Crippen LogP contribution in [0.2, 0.25) is 5.02 Å². The van der Waals surface area contributed by atoms with Crippen molar-refractivity contribution in [1.82, 2.24) is 19.7 Å². The summed E-state index contributed by atoms with van der Waals surface area (Å²) in [7, 11) is 1.52. The van der Waals surface area contributed by atoms with Crippen LogP contribution in [0.25, 0.3) is 22.4 Å². The molecule has 1 fully saturated rings. The molecule has 0 bridgehead atoms. The third-order valence-corrected chi connectivity index (χ3v) is 7.12. The molecule has 2 amide bonds. The molecular formula is C23H21ClF5N7O2. The average Bonchev–Trinajstić information content (AvgIpc) is 3.51. The van der Waals surface area contributed by atoms with Gasteiger partial charge >= 0.3 is 12.1 Å². The molecule has 5 rings (SSSR count). The molecule has 4 N–H and O–H groups in total. The summed E-state index contributed by atoms with van der Waals surface area (Å²) in [5, 5.41) is 10.2. The summed E-state index contributed by atoms with van der Waals surface area (Å²) < 4.78 is 66.5. The Morgan fingerprint density at radius 2 is 1.97 bits per heavy atom. The van der Waals surface area contributed by atoms with E-state index in [0.717, 1.165) is 17.5 Å². The maximum absolute atomic E-state index is 13.6. The SMILES string of the molecule is CNc1nc(-c2nn(CCC(F)(F)C(F)(F)F)c3cc(Cl)ccc23)nc2c1C(CC1CC1)(C(N)=O)C(=O)N2. The van der Waals surface area contributed by atoms with Crippen LogP contribution in [0.4, 0.5) is 33.6 Å². The average molecular weight is 558 g/mol. The summed E-state index contributed by atoms with van der Waals surface area (Å²) in [6.07, 6.45) is -5.37. The first-order chi connectivity index (χ1) is 17.8. The third-order valence-electron chi connectivity index (χ3n) is 6.88. The summed E-state index contributed by atoms with van der Waals surface area (Å²) in [6.45, 7) is -0.782. The fraction of sp³-hybridized carbons (Fsp3) is 0.435. The Balaban J connectivity index is 1.62. The number of alkyl halides is 5. The fourth-order valence-electron chi connectivity index (χ4n) is 4.73. The number of primary amides is 1. The molecule has 15 heteroatoms. The number of nitrogens with one attached hydrogen (secondary N) is 2. The van der Waals surface area contributed by atoms with Gasteiger partial charge in [0.2, 0.25) is 11.8 Å². The molecule has 0 saturated heterocycles. The molecule has 1 aliphatic heterocycles. The normalized spacial score (nSPS) is 19.5. The number of hydrogen-bond acceptors (Lipinski definition) is 6. The molecule has 2 aliphatic rings. The second-order valence-corrected chi connectivity index (χ2v) is 9.86. The predicted octanol–water partition coefficient (Wildman–Crippen LogP) is 4.25. The van der Waals surface area contributed by atoms with Gasteiger partial charge in [0, 0.05) is 30.4 Å². The van der Waals surface area contributed by atoms with Crippen molar-refractivity contribution in [3.63, 3.8) is 0 Å². The Morgan fingerprint density at radius 1 is 1.26 bits per heavy atom. The Labute approximate surface area is 216 Å². The highest BCUT2D eigenvalue weighted by Gasteiger charge is 2.58. The number of nitrogens with two attached hydrogens (primary N) is 1. The van der Waals surface area contributed by atoms with Gasteiger partial charge in [0.05, 0.1) is 11.1 Å². The zero-order chi connectivity index (χ0) is 27.6. The van der Waals surface area contributed by atoms with E-state index in [1.54, 1.807) is 0 Å². The summed E-state index contributed by atoms with van der Waals surface area (Å²) >= 11 is 6.05. The number of benzene rings is 1. The lowest BCUT2D eigenvalue weighted by Crippen LogP contribution is -2.47. The van der Waals surface area contributed by atoms with Crippen molar-refractivity contribution in [1.29, 1.82) is 0 Å². The van der Waals surface area contributed by atoms with Crippen molar-refractivity contribution in [3.05, 3.63) is 28.8 Å². The molecule has 1 aromatic carbocycles. The van der Waals surface area contributed by atoms with Gasteiger partial charge in [-0.15, -0.1) is 0 Å². The van der Waals surface area contributed by atoms with Crippen molar-refractivity contribution in [3.8, 4) is 11.5 Å². The largest absolute Gasteiger partial charge is 0.453 e. The van der Waals surface area contributed by atoms with E-state index in [4.69, 9.17) is 17.3 Å². The maximum Gasteiger partial charge on any atom is 0.453 e. The predicted molar refractivity (Wildman–Crippen MR) is 128 cm³/mol. The van der Waals surface area contributed by atoms with Crippen LogP contribution in [-0.2, 0) is 21.5 Å². The highest BCUT2D eigenvalue weighted by molar-refractivity contribution is 6.31. The number of anilines is 2. The highest BCUT2D eigenvalue weighted by atomic mass is 35.5. The number of aromatic nitrogens is 4. The second-order valence-electron chi connectivity index (χ2n) is 9.43. The zero-order valence-corrected chi connectivity index (χ0v) is 20.6. The molecule has 38 heavy (non-hydrogen) atoms. The van der Waals surface area contributed by atoms with E-state index in [2.05, 4.69) is 25.7 Å². The van der Waals surface area contributed by atoms with Gasteiger partial charge in [-0.25, -0.2) is 9.97 Å². The van der Waals surface area contributed by atoms with Crippen molar-refractivity contribution in [2.45, 2.75) is 49.7 Å². The number of aryl methyl sites for hydroxylation is 1. The van der Waals surface area contributed by atoms with Crippen LogP contribution in [0.1, 0.15) is 31.2 Å². The van der Waals surface area contributed by atoms with Crippen LogP contribution in [0, 0.1) is 5.92 Å². The van der Waals surface area contributed by atoms with Crippen LogP contribution in [-0.4, -0.2) is 50.7 Å². The lowest BCUT2D eigenvalue weighted by molar-refractivity contribution is -0.285. The van der Waals surface area contributed by atoms with E-state index >= 15 is 0 Å². The van der Waals surface area contributed by atoms with Crippen molar-refractivity contribution < 1.29 is 31.5 Å². The minimum absolute atomic E-state index is 0.0315. The summed E-state index contributed by atoms with van der Waals surface area (Å²) in [5.41, 5.74) is 4.49. The summed E-state index contributed by atoms with van der Waals surface area (Å²) in [4.78, 5) is 34.6. The highest BCUT2D eigenvalue weighted by Crippen LogP contribution is 2.50. The number of rotatable bonds is 8. The smallest absolute Gasteiger partial charge is 0.373 e. The molecule has 1 unspecified atom stereocenters. The van der Waals surface area contributed by atoms with Gasteiger partial charge in [-0.1, -0.05) is 24.4 Å². The van der Waals surface area contributed by atoms with Gasteiger partial charge in [-0.05, 0) is 30.5 Å². The van der Waals surface area contributed by atoms with Gasteiger partial charge in [0.15, 0.2) is 11.2 Å². The molecule has 202 valence electrons. The first-order valence-corrected chi connectivity index (χ1v) is 12.0. The van der Waals surface area contributed by atoms with Gasteiger partial charge < -0.3 is 16.4 Å². The van der Waals surface area contributed by atoms with Gasteiger partial charge in [-0.3, -0.25) is 14.3 Å². The molecule has 2 aromatic heterocycles. The quantitative estimate of drug-likeness (QED) is 0.281. The number of amides is 2. The molecule has 9 nitrogen and oxygen atoms in total. The van der Waals surface area contributed by atoms with Crippen LogP contribution >= 0.6 is 11.6 Å². The Bertz CT molecular complexity index is 1470. The van der Waals surface area contributed by atoms with Gasteiger partial charge in [0.1, 0.15) is 17.3 Å². The molecule has 3 aromatic rings. The zero-order valence-electron chi connectivity index (χ0n) is 19.8. The van der Waals surface area contributed by atoms with Crippen molar-refractivity contribution >= 4 is 46.0 Å². The molecule has 1 aliphatic carbocycles. The molecule has 0 spiro atoms. The summed E-state index contributed by atoms with van der Waals surface area (Å²) in [5.74, 6) is -6.17. The van der Waals surface area contributed by atoms with E-state index in [0.29, 0.717) is 5.39 Å². The molecule has 0 radical (unpaired) electrons. The van der Waals surface area contributed by atoms with Crippen LogP contribution in [0.3, 0.4) is 0 Å². The van der Waals surface area contributed by atoms with Crippen molar-refractivity contribution in [2.75, 3.05) is 17.7 Å². The topological polar surface area (TPSA) is 128 Å². The fourth-order valence-corrected chi connectivity index (χ4v) is 4.89. The lowest BCUT2D eigenvalue weighted by atomic mass is 9.76. The first-order valence-electron chi connectivity index (χ1n) is 11.6. The Hall–Kier alpha value is -3.55.